The first-order valence-electron chi connectivity index (χ1n) is 6.72. The SMILES string of the molecule is CN(CC(O)C(O)C(O)C(O)CO)C(=O)c1ccc(F)cc1F. The minimum Gasteiger partial charge on any atom is -0.394 e. The molecule has 7 nitrogen and oxygen atoms in total. The van der Waals surface area contributed by atoms with Gasteiger partial charge in [0.15, 0.2) is 0 Å². The Balaban J connectivity index is 2.74. The number of carbonyl (C=O) groups is 1. The van der Waals surface area contributed by atoms with E-state index in [1.54, 1.807) is 0 Å². The molecule has 0 aliphatic rings. The van der Waals surface area contributed by atoms with Crippen LogP contribution in [0.2, 0.25) is 0 Å². The van der Waals surface area contributed by atoms with Gasteiger partial charge in [-0.25, -0.2) is 8.78 Å². The van der Waals surface area contributed by atoms with Crippen LogP contribution in [0.3, 0.4) is 0 Å². The predicted molar refractivity (Wildman–Crippen MR) is 74.4 cm³/mol. The number of likely N-dealkylation sites (N-methyl/N-ethyl adjacent to an activating group) is 1. The van der Waals surface area contributed by atoms with E-state index >= 15 is 0 Å². The number of hydrogen-bond acceptors (Lipinski definition) is 6. The highest BCUT2D eigenvalue weighted by Crippen LogP contribution is 2.13. The van der Waals surface area contributed by atoms with E-state index in [9.17, 15) is 34.0 Å². The minimum absolute atomic E-state index is 0.425. The van der Waals surface area contributed by atoms with Crippen molar-refractivity contribution in [1.29, 1.82) is 0 Å². The number of aliphatic hydroxyl groups excluding tert-OH is 5. The molecule has 130 valence electrons. The number of nitrogens with zero attached hydrogens (tertiary/aromatic N) is 1. The second kappa shape index (κ2) is 8.27. The summed E-state index contributed by atoms with van der Waals surface area (Å²) in [6, 6.07) is 2.38. The molecule has 9 heteroatoms. The Kier molecular flexibility index (Phi) is 6.98. The number of rotatable bonds is 7. The summed E-state index contributed by atoms with van der Waals surface area (Å²) in [5, 5.41) is 46.7. The van der Waals surface area contributed by atoms with Crippen LogP contribution in [0.1, 0.15) is 10.4 Å². The lowest BCUT2D eigenvalue weighted by atomic mass is 10.0. The molecule has 1 amide bonds. The van der Waals surface area contributed by atoms with Crippen molar-refractivity contribution in [2.24, 2.45) is 0 Å². The topological polar surface area (TPSA) is 121 Å². The monoisotopic (exact) mass is 335 g/mol. The summed E-state index contributed by atoms with van der Waals surface area (Å²) in [5.74, 6) is -2.79. The second-order valence-corrected chi connectivity index (χ2v) is 5.11. The molecule has 1 rings (SSSR count). The quantitative estimate of drug-likeness (QED) is 0.412. The first-order valence-corrected chi connectivity index (χ1v) is 6.72. The Morgan fingerprint density at radius 2 is 1.70 bits per heavy atom. The van der Waals surface area contributed by atoms with Gasteiger partial charge in [0.25, 0.3) is 5.91 Å². The number of hydrogen-bond donors (Lipinski definition) is 5. The lowest BCUT2D eigenvalue weighted by Gasteiger charge is -2.28. The standard InChI is InChI=1S/C14H19F2NO6/c1-17(5-10(19)12(21)13(22)11(20)6-18)14(23)8-3-2-7(15)4-9(8)16/h2-4,10-13,18-22H,5-6H2,1H3. The van der Waals surface area contributed by atoms with Crippen molar-refractivity contribution in [2.75, 3.05) is 20.2 Å². The van der Waals surface area contributed by atoms with Crippen LogP contribution in [0.15, 0.2) is 18.2 Å². The maximum Gasteiger partial charge on any atom is 0.256 e. The van der Waals surface area contributed by atoms with Gasteiger partial charge in [-0.2, -0.15) is 0 Å². The van der Waals surface area contributed by atoms with Crippen LogP contribution in [0.25, 0.3) is 0 Å². The van der Waals surface area contributed by atoms with Gasteiger partial charge in [0.1, 0.15) is 36.1 Å². The molecule has 0 aromatic heterocycles. The normalized spacial score (nSPS) is 16.5. The highest BCUT2D eigenvalue weighted by Gasteiger charge is 2.31. The van der Waals surface area contributed by atoms with Crippen LogP contribution in [0.4, 0.5) is 8.78 Å². The van der Waals surface area contributed by atoms with Crippen LogP contribution < -0.4 is 0 Å². The van der Waals surface area contributed by atoms with Gasteiger partial charge in [0.2, 0.25) is 0 Å². The van der Waals surface area contributed by atoms with E-state index in [0.29, 0.717) is 6.07 Å². The van der Waals surface area contributed by atoms with E-state index in [4.69, 9.17) is 5.11 Å². The van der Waals surface area contributed by atoms with Crippen molar-refractivity contribution < 1.29 is 39.1 Å². The molecule has 0 saturated carbocycles. The Bertz CT molecular complexity index is 544. The Labute approximate surface area is 131 Å². The molecule has 1 aromatic rings. The lowest BCUT2D eigenvalue weighted by Crippen LogP contribution is -2.50. The second-order valence-electron chi connectivity index (χ2n) is 5.11. The molecule has 0 radical (unpaired) electrons. The molecule has 4 atom stereocenters. The smallest absolute Gasteiger partial charge is 0.256 e. The van der Waals surface area contributed by atoms with E-state index in [1.165, 1.54) is 7.05 Å². The van der Waals surface area contributed by atoms with Gasteiger partial charge in [0.05, 0.1) is 12.2 Å². The highest BCUT2D eigenvalue weighted by atomic mass is 19.1. The molecule has 0 aliphatic carbocycles. The fourth-order valence-electron chi connectivity index (χ4n) is 1.90. The summed E-state index contributed by atoms with van der Waals surface area (Å²) >= 11 is 0. The average molecular weight is 335 g/mol. The van der Waals surface area contributed by atoms with Gasteiger partial charge < -0.3 is 30.4 Å². The first-order chi connectivity index (χ1) is 10.7. The predicted octanol–water partition coefficient (Wildman–Crippen LogP) is -1.53. The van der Waals surface area contributed by atoms with E-state index in [1.807, 2.05) is 0 Å². The number of carbonyl (C=O) groups excluding carboxylic acids is 1. The first kappa shape index (κ1) is 19.4. The molecule has 0 heterocycles. The molecule has 1 aromatic carbocycles. The number of amides is 1. The summed E-state index contributed by atoms with van der Waals surface area (Å²) in [6.07, 6.45) is -7.01. The van der Waals surface area contributed by atoms with E-state index in [-0.39, 0.29) is 0 Å². The van der Waals surface area contributed by atoms with Gasteiger partial charge in [-0.3, -0.25) is 4.79 Å². The third kappa shape index (κ3) is 4.91. The molecular formula is C14H19F2NO6. The zero-order valence-corrected chi connectivity index (χ0v) is 12.3. The zero-order chi connectivity index (χ0) is 17.7. The van der Waals surface area contributed by atoms with Crippen LogP contribution >= 0.6 is 0 Å². The number of aliphatic hydroxyl groups is 5. The minimum atomic E-state index is -1.84. The maximum absolute atomic E-state index is 13.5. The fourth-order valence-corrected chi connectivity index (χ4v) is 1.90. The van der Waals surface area contributed by atoms with Crippen molar-refractivity contribution in [2.45, 2.75) is 24.4 Å². The molecule has 0 fully saturated rings. The van der Waals surface area contributed by atoms with Crippen molar-refractivity contribution in [3.05, 3.63) is 35.4 Å². The zero-order valence-electron chi connectivity index (χ0n) is 12.3. The summed E-state index contributed by atoms with van der Waals surface area (Å²) in [4.78, 5) is 12.9. The molecule has 0 aliphatic heterocycles. The van der Waals surface area contributed by atoms with Crippen LogP contribution in [-0.2, 0) is 0 Å². The summed E-state index contributed by atoms with van der Waals surface area (Å²) in [7, 11) is 1.20. The molecule has 23 heavy (non-hydrogen) atoms. The van der Waals surface area contributed by atoms with Crippen molar-refractivity contribution >= 4 is 5.91 Å². The number of halogens is 2. The highest BCUT2D eigenvalue weighted by molar-refractivity contribution is 5.94. The molecule has 0 spiro atoms. The van der Waals surface area contributed by atoms with Gasteiger partial charge in [-0.05, 0) is 12.1 Å². The number of benzene rings is 1. The van der Waals surface area contributed by atoms with Crippen LogP contribution in [0, 0.1) is 11.6 Å². The van der Waals surface area contributed by atoms with E-state index in [2.05, 4.69) is 0 Å². The van der Waals surface area contributed by atoms with Crippen molar-refractivity contribution in [1.82, 2.24) is 4.90 Å². The summed E-state index contributed by atoms with van der Waals surface area (Å²) < 4.78 is 26.4. The van der Waals surface area contributed by atoms with Crippen LogP contribution in [-0.4, -0.2) is 81.0 Å². The van der Waals surface area contributed by atoms with E-state index in [0.717, 1.165) is 17.0 Å². The van der Waals surface area contributed by atoms with Gasteiger partial charge >= 0.3 is 0 Å². The molecule has 0 bridgehead atoms. The van der Waals surface area contributed by atoms with Crippen LogP contribution in [0.5, 0.6) is 0 Å². The largest absolute Gasteiger partial charge is 0.394 e. The Hall–Kier alpha value is -1.65. The third-order valence-electron chi connectivity index (χ3n) is 3.29. The Morgan fingerprint density at radius 1 is 1.13 bits per heavy atom. The van der Waals surface area contributed by atoms with Gasteiger partial charge in [-0.15, -0.1) is 0 Å². The maximum atomic E-state index is 13.5. The fraction of sp³-hybridized carbons (Fsp3) is 0.500. The van der Waals surface area contributed by atoms with E-state index < -0.39 is 60.7 Å². The van der Waals surface area contributed by atoms with Gasteiger partial charge in [0, 0.05) is 19.7 Å². The summed E-state index contributed by atoms with van der Waals surface area (Å²) in [6.45, 7) is -1.33. The van der Waals surface area contributed by atoms with Crippen molar-refractivity contribution in [3.63, 3.8) is 0 Å². The average Bonchev–Trinajstić information content (AvgIpc) is 2.51. The summed E-state index contributed by atoms with van der Waals surface area (Å²) in [5.41, 5.74) is -0.425. The molecule has 5 N–H and O–H groups in total. The molecule has 0 saturated heterocycles. The molecule has 4 unspecified atom stereocenters. The van der Waals surface area contributed by atoms with Crippen molar-refractivity contribution in [3.8, 4) is 0 Å². The third-order valence-corrected chi connectivity index (χ3v) is 3.29. The Morgan fingerprint density at radius 3 is 2.22 bits per heavy atom. The lowest BCUT2D eigenvalue weighted by molar-refractivity contribution is -0.117. The van der Waals surface area contributed by atoms with Gasteiger partial charge in [-0.1, -0.05) is 0 Å². The molecular weight excluding hydrogens is 316 g/mol.